The van der Waals surface area contributed by atoms with E-state index in [1.165, 1.54) is 0 Å². The fraction of sp³-hybridized carbons (Fsp3) is 0.600. The third kappa shape index (κ3) is 3.36. The van der Waals surface area contributed by atoms with Crippen molar-refractivity contribution < 1.29 is 9.53 Å². The second kappa shape index (κ2) is 5.50. The lowest BCUT2D eigenvalue weighted by atomic mass is 10.3. The molecular weight excluding hydrogens is 194 g/mol. The Morgan fingerprint density at radius 3 is 3.00 bits per heavy atom. The summed E-state index contributed by atoms with van der Waals surface area (Å²) in [5.74, 6) is 0.665. The van der Waals surface area contributed by atoms with E-state index in [1.54, 1.807) is 13.1 Å². The number of esters is 1. The predicted octanol–water partition coefficient (Wildman–Crippen LogP) is 0.634. The average Bonchev–Trinajstić information content (AvgIpc) is 2.61. The molecule has 0 aromatic carbocycles. The van der Waals surface area contributed by atoms with Gasteiger partial charge < -0.3 is 9.30 Å². The summed E-state index contributed by atoms with van der Waals surface area (Å²) in [5.41, 5.74) is 0. The molecule has 0 amide bonds. The Morgan fingerprint density at radius 2 is 2.47 bits per heavy atom. The van der Waals surface area contributed by atoms with Gasteiger partial charge in [-0.25, -0.2) is 4.98 Å². The summed E-state index contributed by atoms with van der Waals surface area (Å²) in [5, 5.41) is 3.05. The smallest absolute Gasteiger partial charge is 0.319 e. The van der Waals surface area contributed by atoms with Crippen LogP contribution in [0.1, 0.15) is 25.7 Å². The number of ether oxygens (including phenoxy) is 1. The number of imidazole rings is 1. The molecule has 84 valence electrons. The molecule has 1 aromatic heterocycles. The molecule has 0 bridgehead atoms. The summed E-state index contributed by atoms with van der Waals surface area (Å²) in [7, 11) is 1.92. The first-order valence-electron chi connectivity index (χ1n) is 5.01. The Bertz CT molecular complexity index is 322. The summed E-state index contributed by atoms with van der Waals surface area (Å²) in [6.45, 7) is 4.38. The Kier molecular flexibility index (Phi) is 4.30. The third-order valence-corrected chi connectivity index (χ3v) is 2.10. The quantitative estimate of drug-likeness (QED) is 0.726. The fourth-order valence-electron chi connectivity index (χ4n) is 1.33. The van der Waals surface area contributed by atoms with Gasteiger partial charge in [-0.1, -0.05) is 0 Å². The van der Waals surface area contributed by atoms with Crippen LogP contribution in [0, 0.1) is 0 Å². The van der Waals surface area contributed by atoms with Gasteiger partial charge in [0.25, 0.3) is 0 Å². The molecule has 1 N–H and O–H groups in total. The summed E-state index contributed by atoms with van der Waals surface area (Å²) < 4.78 is 6.73. The highest BCUT2D eigenvalue weighted by Gasteiger charge is 2.11. The molecule has 1 aromatic rings. The van der Waals surface area contributed by atoms with Gasteiger partial charge in [-0.15, -0.1) is 0 Å². The molecule has 5 heteroatoms. The van der Waals surface area contributed by atoms with Gasteiger partial charge in [0.15, 0.2) is 0 Å². The number of nitrogens with one attached hydrogen (secondary N) is 1. The van der Waals surface area contributed by atoms with Crippen LogP contribution in [-0.2, 0) is 16.6 Å². The van der Waals surface area contributed by atoms with Gasteiger partial charge in [0.05, 0.1) is 19.2 Å². The molecule has 0 aliphatic carbocycles. The van der Waals surface area contributed by atoms with Gasteiger partial charge in [0, 0.05) is 19.4 Å². The van der Waals surface area contributed by atoms with Crippen LogP contribution in [0.5, 0.6) is 0 Å². The van der Waals surface area contributed by atoms with E-state index in [-0.39, 0.29) is 18.6 Å². The van der Waals surface area contributed by atoms with Crippen molar-refractivity contribution in [1.29, 1.82) is 0 Å². The maximum atomic E-state index is 11.1. The Morgan fingerprint density at radius 1 is 1.73 bits per heavy atom. The number of aryl methyl sites for hydroxylation is 1. The number of rotatable bonds is 5. The summed E-state index contributed by atoms with van der Waals surface area (Å²) >= 11 is 0. The van der Waals surface area contributed by atoms with Crippen molar-refractivity contribution in [2.24, 2.45) is 7.05 Å². The van der Waals surface area contributed by atoms with Crippen molar-refractivity contribution in [2.45, 2.75) is 19.9 Å². The molecule has 0 aliphatic heterocycles. The standard InChI is InChI=1S/C10H17N3O2/c1-4-15-9(14)7-12-8(2)10-11-5-6-13(10)3/h5-6,8,12H,4,7H2,1-3H3. The van der Waals surface area contributed by atoms with Gasteiger partial charge in [-0.2, -0.15) is 0 Å². The van der Waals surface area contributed by atoms with Gasteiger partial charge in [0.1, 0.15) is 5.82 Å². The van der Waals surface area contributed by atoms with Crippen molar-refractivity contribution in [3.63, 3.8) is 0 Å². The van der Waals surface area contributed by atoms with E-state index in [0.717, 1.165) is 5.82 Å². The maximum absolute atomic E-state index is 11.1. The van der Waals surface area contributed by atoms with Crippen LogP contribution in [0.4, 0.5) is 0 Å². The fourth-order valence-corrected chi connectivity index (χ4v) is 1.33. The van der Waals surface area contributed by atoms with Crippen LogP contribution in [-0.4, -0.2) is 28.7 Å². The van der Waals surface area contributed by atoms with E-state index in [2.05, 4.69) is 10.3 Å². The molecule has 0 spiro atoms. The highest BCUT2D eigenvalue weighted by molar-refractivity contribution is 5.71. The Hall–Kier alpha value is -1.36. The van der Waals surface area contributed by atoms with Crippen molar-refractivity contribution in [3.05, 3.63) is 18.2 Å². The molecule has 15 heavy (non-hydrogen) atoms. The second-order valence-electron chi connectivity index (χ2n) is 3.30. The zero-order valence-electron chi connectivity index (χ0n) is 9.36. The largest absolute Gasteiger partial charge is 0.465 e. The molecule has 0 radical (unpaired) electrons. The topological polar surface area (TPSA) is 56.1 Å². The first-order valence-corrected chi connectivity index (χ1v) is 5.01. The molecule has 1 atom stereocenters. The minimum Gasteiger partial charge on any atom is -0.465 e. The van der Waals surface area contributed by atoms with Gasteiger partial charge in [-0.3, -0.25) is 10.1 Å². The average molecular weight is 211 g/mol. The summed E-state index contributed by atoms with van der Waals surface area (Å²) in [6, 6.07) is 0.0365. The van der Waals surface area contributed by atoms with Crippen molar-refractivity contribution in [2.75, 3.05) is 13.2 Å². The monoisotopic (exact) mass is 211 g/mol. The highest BCUT2D eigenvalue weighted by Crippen LogP contribution is 2.07. The Balaban J connectivity index is 2.40. The highest BCUT2D eigenvalue weighted by atomic mass is 16.5. The normalized spacial score (nSPS) is 12.5. The molecule has 0 fully saturated rings. The SMILES string of the molecule is CCOC(=O)CNC(C)c1nccn1C. The van der Waals surface area contributed by atoms with Crippen molar-refractivity contribution >= 4 is 5.97 Å². The van der Waals surface area contributed by atoms with Gasteiger partial charge >= 0.3 is 5.97 Å². The number of aromatic nitrogens is 2. The molecule has 5 nitrogen and oxygen atoms in total. The number of nitrogens with zero attached hydrogens (tertiary/aromatic N) is 2. The zero-order valence-corrected chi connectivity index (χ0v) is 9.36. The van der Waals surface area contributed by atoms with Crippen LogP contribution >= 0.6 is 0 Å². The first-order chi connectivity index (χ1) is 7.15. The lowest BCUT2D eigenvalue weighted by molar-refractivity contribution is -0.142. The van der Waals surface area contributed by atoms with Gasteiger partial charge in [-0.05, 0) is 13.8 Å². The molecule has 1 rings (SSSR count). The van der Waals surface area contributed by atoms with E-state index < -0.39 is 0 Å². The summed E-state index contributed by atoms with van der Waals surface area (Å²) in [6.07, 6.45) is 3.61. The molecule has 0 aliphatic rings. The first kappa shape index (κ1) is 11.7. The lowest BCUT2D eigenvalue weighted by Gasteiger charge is -2.12. The maximum Gasteiger partial charge on any atom is 0.319 e. The van der Waals surface area contributed by atoms with Crippen molar-refractivity contribution in [1.82, 2.24) is 14.9 Å². The van der Waals surface area contributed by atoms with E-state index >= 15 is 0 Å². The van der Waals surface area contributed by atoms with E-state index in [9.17, 15) is 4.79 Å². The molecule has 1 unspecified atom stereocenters. The zero-order chi connectivity index (χ0) is 11.3. The van der Waals surface area contributed by atoms with Crippen LogP contribution in [0.25, 0.3) is 0 Å². The van der Waals surface area contributed by atoms with Crippen LogP contribution in [0.2, 0.25) is 0 Å². The molecular formula is C10H17N3O2. The van der Waals surface area contributed by atoms with E-state index in [0.29, 0.717) is 6.61 Å². The van der Waals surface area contributed by atoms with Crippen molar-refractivity contribution in [3.8, 4) is 0 Å². The number of carbonyl (C=O) groups excluding carboxylic acids is 1. The van der Waals surface area contributed by atoms with E-state index in [4.69, 9.17) is 4.74 Å². The summed E-state index contributed by atoms with van der Waals surface area (Å²) in [4.78, 5) is 15.3. The molecule has 0 saturated carbocycles. The minimum absolute atomic E-state index is 0.0365. The second-order valence-corrected chi connectivity index (χ2v) is 3.30. The number of hydrogen-bond acceptors (Lipinski definition) is 4. The van der Waals surface area contributed by atoms with Crippen LogP contribution < -0.4 is 5.32 Å². The molecule has 0 saturated heterocycles. The van der Waals surface area contributed by atoms with Crippen LogP contribution in [0.3, 0.4) is 0 Å². The van der Waals surface area contributed by atoms with E-state index in [1.807, 2.05) is 24.7 Å². The minimum atomic E-state index is -0.237. The van der Waals surface area contributed by atoms with Gasteiger partial charge in [0.2, 0.25) is 0 Å². The predicted molar refractivity (Wildman–Crippen MR) is 56.3 cm³/mol. The number of carbonyl (C=O) groups is 1. The molecule has 1 heterocycles. The lowest BCUT2D eigenvalue weighted by Crippen LogP contribution is -2.28. The number of hydrogen-bond donors (Lipinski definition) is 1. The van der Waals surface area contributed by atoms with Crippen LogP contribution in [0.15, 0.2) is 12.4 Å². The third-order valence-electron chi connectivity index (χ3n) is 2.10. The Labute approximate surface area is 89.4 Å².